The van der Waals surface area contributed by atoms with Gasteiger partial charge in [0.15, 0.2) is 9.84 Å². The van der Waals surface area contributed by atoms with Crippen LogP contribution in [-0.4, -0.2) is 39.0 Å². The van der Waals surface area contributed by atoms with E-state index in [2.05, 4.69) is 11.4 Å². The average molecular weight is 339 g/mol. The number of benzene rings is 1. The van der Waals surface area contributed by atoms with Crippen molar-refractivity contribution in [3.05, 3.63) is 28.8 Å². The fourth-order valence-electron chi connectivity index (χ4n) is 2.78. The normalized spacial score (nSPS) is 19.5. The van der Waals surface area contributed by atoms with Gasteiger partial charge in [0.2, 0.25) is 5.91 Å². The highest BCUT2D eigenvalue weighted by atomic mass is 32.2. The molecule has 1 N–H and O–H groups in total. The molecule has 1 heterocycles. The number of hydrogen-bond acceptors (Lipinski definition) is 4. The molecule has 1 aliphatic heterocycles. The molecule has 1 aliphatic rings. The molecule has 1 atom stereocenters. The van der Waals surface area contributed by atoms with Gasteiger partial charge in [0, 0.05) is 6.54 Å². The molecule has 23 heavy (non-hydrogen) atoms. The lowest BCUT2D eigenvalue weighted by Gasteiger charge is -2.13. The fraction of sp³-hybridized carbons (Fsp3) is 0.588. The monoisotopic (exact) mass is 339 g/mol. The first-order chi connectivity index (χ1) is 10.8. The van der Waals surface area contributed by atoms with Crippen LogP contribution in [0.1, 0.15) is 29.5 Å². The van der Waals surface area contributed by atoms with E-state index in [4.69, 9.17) is 4.74 Å². The molecular formula is C17H25NO4S. The quantitative estimate of drug-likeness (QED) is 0.859. The van der Waals surface area contributed by atoms with Gasteiger partial charge >= 0.3 is 0 Å². The van der Waals surface area contributed by atoms with Crippen LogP contribution >= 0.6 is 0 Å². The zero-order valence-electron chi connectivity index (χ0n) is 14.0. The zero-order chi connectivity index (χ0) is 17.0. The number of ether oxygens (including phenoxy) is 1. The van der Waals surface area contributed by atoms with Gasteiger partial charge in [-0.25, -0.2) is 8.42 Å². The van der Waals surface area contributed by atoms with Crippen molar-refractivity contribution >= 4 is 15.7 Å². The largest absolute Gasteiger partial charge is 0.493 e. The van der Waals surface area contributed by atoms with Gasteiger partial charge in [0.05, 0.1) is 24.5 Å². The molecular weight excluding hydrogens is 314 g/mol. The second kappa shape index (κ2) is 7.34. The second-order valence-corrected chi connectivity index (χ2v) is 8.61. The topological polar surface area (TPSA) is 72.5 Å². The van der Waals surface area contributed by atoms with Crippen molar-refractivity contribution in [3.63, 3.8) is 0 Å². The first-order valence-corrected chi connectivity index (χ1v) is 9.77. The average Bonchev–Trinajstić information content (AvgIpc) is 2.81. The highest BCUT2D eigenvalue weighted by molar-refractivity contribution is 7.91. The van der Waals surface area contributed by atoms with Crippen molar-refractivity contribution < 1.29 is 17.9 Å². The van der Waals surface area contributed by atoms with Gasteiger partial charge in [-0.1, -0.05) is 6.07 Å². The molecule has 0 spiro atoms. The molecule has 5 nitrogen and oxygen atoms in total. The van der Waals surface area contributed by atoms with Gasteiger partial charge in [0.25, 0.3) is 0 Å². The van der Waals surface area contributed by atoms with E-state index in [0.29, 0.717) is 19.6 Å². The Hall–Kier alpha value is -1.56. The minimum atomic E-state index is -2.89. The number of sulfone groups is 1. The molecule has 1 amide bonds. The Kier molecular flexibility index (Phi) is 5.68. The van der Waals surface area contributed by atoms with Crippen molar-refractivity contribution in [1.29, 1.82) is 0 Å². The third kappa shape index (κ3) is 5.23. The maximum Gasteiger partial charge on any atom is 0.223 e. The van der Waals surface area contributed by atoms with Crippen LogP contribution in [0.5, 0.6) is 5.75 Å². The van der Waals surface area contributed by atoms with Gasteiger partial charge in [-0.2, -0.15) is 0 Å². The number of amides is 1. The van der Waals surface area contributed by atoms with Gasteiger partial charge < -0.3 is 10.1 Å². The Bertz CT molecular complexity index is 682. The molecule has 1 aromatic rings. The predicted octanol–water partition coefficient (Wildman–Crippen LogP) is 1.93. The smallest absolute Gasteiger partial charge is 0.223 e. The van der Waals surface area contributed by atoms with E-state index in [1.807, 2.05) is 26.8 Å². The minimum Gasteiger partial charge on any atom is -0.493 e. The Labute approximate surface area is 138 Å². The van der Waals surface area contributed by atoms with Crippen LogP contribution in [0.3, 0.4) is 0 Å². The number of nitrogens with one attached hydrogen (secondary N) is 1. The van der Waals surface area contributed by atoms with E-state index in [0.717, 1.165) is 16.9 Å². The highest BCUT2D eigenvalue weighted by Gasteiger charge is 2.27. The Balaban J connectivity index is 1.73. The molecule has 0 unspecified atom stereocenters. The molecule has 0 aromatic heterocycles. The summed E-state index contributed by atoms with van der Waals surface area (Å²) >= 11 is 0. The van der Waals surface area contributed by atoms with Crippen molar-refractivity contribution in [2.24, 2.45) is 5.92 Å². The summed E-state index contributed by atoms with van der Waals surface area (Å²) in [4.78, 5) is 11.8. The van der Waals surface area contributed by atoms with Crippen LogP contribution in [0.4, 0.5) is 0 Å². The van der Waals surface area contributed by atoms with Gasteiger partial charge in [-0.05, 0) is 55.9 Å². The van der Waals surface area contributed by atoms with Crippen LogP contribution in [0, 0.1) is 26.7 Å². The molecule has 1 aromatic carbocycles. The minimum absolute atomic E-state index is 0.0477. The van der Waals surface area contributed by atoms with Crippen molar-refractivity contribution in [2.45, 2.75) is 33.6 Å². The SMILES string of the molecule is Cc1cc(C)c(C)c(OCCC(=O)NC[C@@H]2CCS(=O)(=O)C2)c1. The van der Waals surface area contributed by atoms with Crippen LogP contribution in [0.15, 0.2) is 12.1 Å². The van der Waals surface area contributed by atoms with Crippen LogP contribution in [-0.2, 0) is 14.6 Å². The molecule has 0 bridgehead atoms. The van der Waals surface area contributed by atoms with Crippen LogP contribution in [0.2, 0.25) is 0 Å². The third-order valence-electron chi connectivity index (χ3n) is 4.27. The summed E-state index contributed by atoms with van der Waals surface area (Å²) in [5, 5.41) is 2.80. The Morgan fingerprint density at radius 1 is 1.30 bits per heavy atom. The fourth-order valence-corrected chi connectivity index (χ4v) is 4.65. The first-order valence-electron chi connectivity index (χ1n) is 7.94. The van der Waals surface area contributed by atoms with E-state index >= 15 is 0 Å². The molecule has 6 heteroatoms. The number of hydrogen-bond donors (Lipinski definition) is 1. The number of aryl methyl sites for hydroxylation is 2. The van der Waals surface area contributed by atoms with Gasteiger partial charge in [-0.3, -0.25) is 4.79 Å². The summed E-state index contributed by atoms with van der Waals surface area (Å²) in [6.07, 6.45) is 0.910. The molecule has 128 valence electrons. The Morgan fingerprint density at radius 2 is 2.04 bits per heavy atom. The second-order valence-electron chi connectivity index (χ2n) is 6.38. The summed E-state index contributed by atoms with van der Waals surface area (Å²) in [6.45, 7) is 6.81. The van der Waals surface area contributed by atoms with Crippen molar-refractivity contribution in [2.75, 3.05) is 24.7 Å². The lowest BCUT2D eigenvalue weighted by molar-refractivity contribution is -0.121. The zero-order valence-corrected chi connectivity index (χ0v) is 14.8. The first kappa shape index (κ1) is 17.8. The molecule has 0 radical (unpaired) electrons. The Morgan fingerprint density at radius 3 is 2.70 bits per heavy atom. The standard InChI is InChI=1S/C17H25NO4S/c1-12-8-13(2)14(3)16(9-12)22-6-4-17(19)18-10-15-5-7-23(20,21)11-15/h8-9,15H,4-7,10-11H2,1-3H3,(H,18,19)/t15-/m0/s1. The summed E-state index contributed by atoms with van der Waals surface area (Å²) in [6, 6.07) is 4.08. The van der Waals surface area contributed by atoms with Gasteiger partial charge in [0.1, 0.15) is 5.75 Å². The van der Waals surface area contributed by atoms with E-state index in [9.17, 15) is 13.2 Å². The predicted molar refractivity (Wildman–Crippen MR) is 90.5 cm³/mol. The molecule has 1 fully saturated rings. The molecule has 0 aliphatic carbocycles. The van der Waals surface area contributed by atoms with Crippen molar-refractivity contribution in [3.8, 4) is 5.75 Å². The number of carbonyl (C=O) groups is 1. The third-order valence-corrected chi connectivity index (χ3v) is 6.10. The van der Waals surface area contributed by atoms with E-state index in [1.54, 1.807) is 0 Å². The summed E-state index contributed by atoms with van der Waals surface area (Å²) in [7, 11) is -2.89. The van der Waals surface area contributed by atoms with Gasteiger partial charge in [-0.15, -0.1) is 0 Å². The van der Waals surface area contributed by atoms with E-state index in [1.165, 1.54) is 5.56 Å². The lowest BCUT2D eigenvalue weighted by atomic mass is 10.1. The maximum atomic E-state index is 11.8. The highest BCUT2D eigenvalue weighted by Crippen LogP contribution is 2.23. The summed E-state index contributed by atoms with van der Waals surface area (Å²) in [5.41, 5.74) is 3.40. The molecule has 2 rings (SSSR count). The molecule has 0 saturated carbocycles. The summed E-state index contributed by atoms with van der Waals surface area (Å²) in [5.74, 6) is 1.19. The number of carbonyl (C=O) groups excluding carboxylic acids is 1. The lowest BCUT2D eigenvalue weighted by Crippen LogP contribution is -2.30. The van der Waals surface area contributed by atoms with Crippen LogP contribution in [0.25, 0.3) is 0 Å². The maximum absolute atomic E-state index is 11.8. The van der Waals surface area contributed by atoms with Crippen molar-refractivity contribution in [1.82, 2.24) is 5.32 Å². The van der Waals surface area contributed by atoms with E-state index < -0.39 is 9.84 Å². The van der Waals surface area contributed by atoms with E-state index in [-0.39, 0.29) is 29.8 Å². The van der Waals surface area contributed by atoms with Crippen LogP contribution < -0.4 is 10.1 Å². The molecule has 1 saturated heterocycles. The number of rotatable bonds is 6. The summed E-state index contributed by atoms with van der Waals surface area (Å²) < 4.78 is 28.5.